The molecule has 1 aromatic rings. The van der Waals surface area contributed by atoms with Gasteiger partial charge in [-0.1, -0.05) is 6.07 Å². The van der Waals surface area contributed by atoms with E-state index in [1.165, 1.54) is 6.07 Å². The molecule has 0 fully saturated rings. The minimum atomic E-state index is -0.307. The van der Waals surface area contributed by atoms with E-state index in [-0.39, 0.29) is 11.9 Å². The van der Waals surface area contributed by atoms with E-state index in [0.29, 0.717) is 12.3 Å². The van der Waals surface area contributed by atoms with Gasteiger partial charge in [-0.15, -0.1) is 0 Å². The molecular weight excluding hydrogens is 181 g/mol. The first kappa shape index (κ1) is 11.0. The maximum Gasteiger partial charge on any atom is 0.165 e. The molecule has 1 rings (SSSR count). The number of nitrogens with one attached hydrogen (secondary N) is 1. The molecule has 0 aliphatic rings. The summed E-state index contributed by atoms with van der Waals surface area (Å²) in [6.45, 7) is 4.51. The van der Waals surface area contributed by atoms with Crippen molar-refractivity contribution in [2.75, 3.05) is 13.6 Å². The highest BCUT2D eigenvalue weighted by Gasteiger charge is 2.07. The van der Waals surface area contributed by atoms with Crippen LogP contribution in [0.1, 0.15) is 12.5 Å². The largest absolute Gasteiger partial charge is 0.486 e. The van der Waals surface area contributed by atoms with E-state index in [2.05, 4.69) is 5.32 Å². The molecule has 0 amide bonds. The van der Waals surface area contributed by atoms with Crippen molar-refractivity contribution in [1.82, 2.24) is 5.32 Å². The molecule has 1 atom stereocenters. The summed E-state index contributed by atoms with van der Waals surface area (Å²) >= 11 is 0. The molecule has 2 nitrogen and oxygen atoms in total. The van der Waals surface area contributed by atoms with Crippen molar-refractivity contribution in [2.24, 2.45) is 0 Å². The van der Waals surface area contributed by atoms with Gasteiger partial charge in [-0.25, -0.2) is 4.39 Å². The van der Waals surface area contributed by atoms with Gasteiger partial charge in [0.05, 0.1) is 0 Å². The van der Waals surface area contributed by atoms with E-state index in [9.17, 15) is 4.39 Å². The number of rotatable bonds is 4. The Morgan fingerprint density at radius 3 is 2.86 bits per heavy atom. The molecule has 3 heteroatoms. The second-order valence-electron chi connectivity index (χ2n) is 3.42. The number of hydrogen-bond acceptors (Lipinski definition) is 2. The third-order valence-electron chi connectivity index (χ3n) is 1.91. The fourth-order valence-electron chi connectivity index (χ4n) is 1.25. The average Bonchev–Trinajstić information content (AvgIpc) is 2.12. The Bertz CT molecular complexity index is 301. The van der Waals surface area contributed by atoms with Gasteiger partial charge in [0.25, 0.3) is 0 Å². The Labute approximate surface area is 84.1 Å². The van der Waals surface area contributed by atoms with Crippen LogP contribution in [0.25, 0.3) is 0 Å². The topological polar surface area (TPSA) is 21.3 Å². The van der Waals surface area contributed by atoms with E-state index in [0.717, 1.165) is 5.56 Å². The van der Waals surface area contributed by atoms with Crippen molar-refractivity contribution in [3.8, 4) is 5.75 Å². The van der Waals surface area contributed by atoms with E-state index < -0.39 is 0 Å². The van der Waals surface area contributed by atoms with Gasteiger partial charge in [0.15, 0.2) is 11.6 Å². The summed E-state index contributed by atoms with van der Waals surface area (Å²) in [7, 11) is 1.84. The Morgan fingerprint density at radius 1 is 1.50 bits per heavy atom. The van der Waals surface area contributed by atoms with Crippen LogP contribution in [-0.4, -0.2) is 19.7 Å². The summed E-state index contributed by atoms with van der Waals surface area (Å²) in [6.07, 6.45) is -0.0312. The number of ether oxygens (including phenoxy) is 1. The predicted molar refractivity (Wildman–Crippen MR) is 55.2 cm³/mol. The summed E-state index contributed by atoms with van der Waals surface area (Å²) < 4.78 is 18.7. The van der Waals surface area contributed by atoms with Crippen LogP contribution in [0.5, 0.6) is 5.75 Å². The van der Waals surface area contributed by atoms with Gasteiger partial charge in [0.1, 0.15) is 6.10 Å². The van der Waals surface area contributed by atoms with Crippen molar-refractivity contribution in [3.63, 3.8) is 0 Å². The molecule has 0 unspecified atom stereocenters. The third kappa shape index (κ3) is 3.00. The number of likely N-dealkylation sites (N-methyl/N-ethyl adjacent to an activating group) is 1. The number of hydrogen-bond donors (Lipinski definition) is 1. The van der Waals surface area contributed by atoms with Gasteiger partial charge in [-0.3, -0.25) is 0 Å². The lowest BCUT2D eigenvalue weighted by molar-refractivity contribution is 0.211. The number of halogens is 1. The molecule has 0 radical (unpaired) electrons. The fourth-order valence-corrected chi connectivity index (χ4v) is 1.25. The Morgan fingerprint density at radius 2 is 2.21 bits per heavy atom. The van der Waals surface area contributed by atoms with Crippen LogP contribution in [0, 0.1) is 12.7 Å². The maximum absolute atomic E-state index is 13.2. The normalized spacial score (nSPS) is 12.6. The van der Waals surface area contributed by atoms with Crippen molar-refractivity contribution >= 4 is 0 Å². The summed E-state index contributed by atoms with van der Waals surface area (Å²) in [4.78, 5) is 0. The minimum Gasteiger partial charge on any atom is -0.486 e. The fraction of sp³-hybridized carbons (Fsp3) is 0.455. The molecule has 0 heterocycles. The van der Waals surface area contributed by atoms with Crippen LogP contribution < -0.4 is 10.1 Å². The molecule has 78 valence electrons. The molecule has 0 aromatic heterocycles. The number of benzene rings is 1. The minimum absolute atomic E-state index is 0.0312. The molecule has 0 spiro atoms. The smallest absolute Gasteiger partial charge is 0.165 e. The maximum atomic E-state index is 13.2. The molecular formula is C11H16FNO. The summed E-state index contributed by atoms with van der Waals surface area (Å²) in [5.41, 5.74) is 0.998. The highest BCUT2D eigenvalue weighted by molar-refractivity contribution is 5.29. The lowest BCUT2D eigenvalue weighted by Gasteiger charge is -2.14. The van der Waals surface area contributed by atoms with Gasteiger partial charge in [0, 0.05) is 6.54 Å². The highest BCUT2D eigenvalue weighted by atomic mass is 19.1. The van der Waals surface area contributed by atoms with Crippen LogP contribution in [0.3, 0.4) is 0 Å². The lowest BCUT2D eigenvalue weighted by atomic mass is 10.2. The van der Waals surface area contributed by atoms with Crippen molar-refractivity contribution in [3.05, 3.63) is 29.6 Å². The van der Waals surface area contributed by atoms with E-state index >= 15 is 0 Å². The third-order valence-corrected chi connectivity index (χ3v) is 1.91. The molecule has 1 aromatic carbocycles. The Kier molecular flexibility index (Phi) is 3.89. The van der Waals surface area contributed by atoms with Gasteiger partial charge in [-0.2, -0.15) is 0 Å². The highest BCUT2D eigenvalue weighted by Crippen LogP contribution is 2.19. The SMILES string of the molecule is CNC[C@@H](C)Oc1cc(C)ccc1F. The zero-order chi connectivity index (χ0) is 10.6. The summed E-state index contributed by atoms with van der Waals surface area (Å²) in [5.74, 6) is 0.0197. The molecule has 0 saturated heterocycles. The van der Waals surface area contributed by atoms with Crippen molar-refractivity contribution in [1.29, 1.82) is 0 Å². The van der Waals surface area contributed by atoms with Gasteiger partial charge in [0.2, 0.25) is 0 Å². The van der Waals surface area contributed by atoms with Crippen LogP contribution in [-0.2, 0) is 0 Å². The lowest BCUT2D eigenvalue weighted by Crippen LogP contribution is -2.26. The quantitative estimate of drug-likeness (QED) is 0.798. The average molecular weight is 197 g/mol. The summed E-state index contributed by atoms with van der Waals surface area (Å²) in [6, 6.07) is 4.86. The number of aryl methyl sites for hydroxylation is 1. The second kappa shape index (κ2) is 4.96. The first-order valence-corrected chi connectivity index (χ1v) is 4.71. The second-order valence-corrected chi connectivity index (χ2v) is 3.42. The Hall–Kier alpha value is -1.09. The van der Waals surface area contributed by atoms with E-state index in [4.69, 9.17) is 4.74 Å². The van der Waals surface area contributed by atoms with Crippen LogP contribution in [0.2, 0.25) is 0 Å². The first-order valence-electron chi connectivity index (χ1n) is 4.71. The zero-order valence-electron chi connectivity index (χ0n) is 8.80. The van der Waals surface area contributed by atoms with Gasteiger partial charge < -0.3 is 10.1 Å². The van der Waals surface area contributed by atoms with E-state index in [1.54, 1.807) is 12.1 Å². The first-order chi connectivity index (χ1) is 6.63. The molecule has 0 aliphatic carbocycles. The molecule has 1 N–H and O–H groups in total. The van der Waals surface area contributed by atoms with Crippen LogP contribution >= 0.6 is 0 Å². The van der Waals surface area contributed by atoms with Crippen LogP contribution in [0.15, 0.2) is 18.2 Å². The molecule has 0 aliphatic heterocycles. The monoisotopic (exact) mass is 197 g/mol. The zero-order valence-corrected chi connectivity index (χ0v) is 8.80. The molecule has 0 saturated carbocycles. The standard InChI is InChI=1S/C11H16FNO/c1-8-4-5-10(12)11(6-8)14-9(2)7-13-3/h4-6,9,13H,7H2,1-3H3/t9-/m1/s1. The van der Waals surface area contributed by atoms with Crippen molar-refractivity contribution in [2.45, 2.75) is 20.0 Å². The molecule has 14 heavy (non-hydrogen) atoms. The van der Waals surface area contributed by atoms with E-state index in [1.807, 2.05) is 20.9 Å². The van der Waals surface area contributed by atoms with Gasteiger partial charge in [-0.05, 0) is 38.6 Å². The Balaban J connectivity index is 2.70. The predicted octanol–water partition coefficient (Wildman–Crippen LogP) is 2.12. The van der Waals surface area contributed by atoms with Crippen molar-refractivity contribution < 1.29 is 9.13 Å². The summed E-state index contributed by atoms with van der Waals surface area (Å²) in [5, 5.41) is 2.97. The van der Waals surface area contributed by atoms with Gasteiger partial charge >= 0.3 is 0 Å². The van der Waals surface area contributed by atoms with Crippen LogP contribution in [0.4, 0.5) is 4.39 Å². The molecule has 0 bridgehead atoms.